The fourth-order valence-corrected chi connectivity index (χ4v) is 2.29. The number of rotatable bonds is 6. The molecule has 0 aliphatic carbocycles. The van der Waals surface area contributed by atoms with Crippen LogP contribution in [0.15, 0.2) is 22.4 Å². The van der Waals surface area contributed by atoms with Gasteiger partial charge in [-0.25, -0.2) is 4.39 Å². The Morgan fingerprint density at radius 3 is 2.95 bits per heavy atom. The second-order valence-electron chi connectivity index (χ2n) is 5.05. The quantitative estimate of drug-likeness (QED) is 0.819. The number of fused-ring (bicyclic) bond motifs is 1. The third-order valence-corrected chi connectivity index (χ3v) is 3.58. The maximum absolute atomic E-state index is 13.9. The molecule has 0 bridgehead atoms. The summed E-state index contributed by atoms with van der Waals surface area (Å²) < 4.78 is 24.2. The Morgan fingerprint density at radius 1 is 1.41 bits per heavy atom. The predicted molar refractivity (Wildman–Crippen MR) is 75.1 cm³/mol. The summed E-state index contributed by atoms with van der Waals surface area (Å²) in [5.74, 6) is 1.84. The van der Waals surface area contributed by atoms with Crippen molar-refractivity contribution in [2.24, 2.45) is 10.2 Å². The average molecular weight is 303 g/mol. The predicted octanol–water partition coefficient (Wildman–Crippen LogP) is 2.25. The second-order valence-corrected chi connectivity index (χ2v) is 5.05. The van der Waals surface area contributed by atoms with Crippen LogP contribution >= 0.6 is 0 Å². The fraction of sp³-hybridized carbons (Fsp3) is 0.400. The first-order valence-electron chi connectivity index (χ1n) is 6.89. The van der Waals surface area contributed by atoms with Gasteiger partial charge in [-0.15, -0.1) is 12.3 Å². The van der Waals surface area contributed by atoms with Gasteiger partial charge < -0.3 is 14.8 Å². The Hall–Kier alpha value is -2.62. The van der Waals surface area contributed by atoms with Crippen LogP contribution in [0.3, 0.4) is 0 Å². The van der Waals surface area contributed by atoms with Crippen LogP contribution in [-0.2, 0) is 0 Å². The lowest BCUT2D eigenvalue weighted by Gasteiger charge is -2.11. The molecule has 7 heteroatoms. The van der Waals surface area contributed by atoms with Gasteiger partial charge in [0, 0.05) is 25.8 Å². The molecule has 0 radical (unpaired) electrons. The number of amides is 1. The largest absolute Gasteiger partial charge is 0.454 e. The highest BCUT2D eigenvalue weighted by Gasteiger charge is 2.38. The number of hydrogen-bond donors (Lipinski definition) is 1. The molecule has 0 atom stereocenters. The van der Waals surface area contributed by atoms with Crippen molar-refractivity contribution in [3.05, 3.63) is 23.5 Å². The van der Waals surface area contributed by atoms with Crippen LogP contribution in [-0.4, -0.2) is 24.9 Å². The first-order valence-corrected chi connectivity index (χ1v) is 6.89. The van der Waals surface area contributed by atoms with E-state index in [-0.39, 0.29) is 18.1 Å². The van der Waals surface area contributed by atoms with Gasteiger partial charge in [-0.2, -0.15) is 10.2 Å². The Bertz CT molecular complexity index is 675. The molecule has 114 valence electrons. The van der Waals surface area contributed by atoms with E-state index in [1.807, 2.05) is 0 Å². The summed E-state index contributed by atoms with van der Waals surface area (Å²) >= 11 is 0. The van der Waals surface area contributed by atoms with Crippen molar-refractivity contribution in [3.8, 4) is 23.8 Å². The van der Waals surface area contributed by atoms with Crippen LogP contribution in [0.25, 0.3) is 0 Å². The van der Waals surface area contributed by atoms with Crippen LogP contribution in [0.1, 0.15) is 29.6 Å². The molecule has 0 saturated heterocycles. The van der Waals surface area contributed by atoms with E-state index in [1.165, 1.54) is 12.1 Å². The van der Waals surface area contributed by atoms with Crippen molar-refractivity contribution in [2.45, 2.75) is 24.9 Å². The van der Waals surface area contributed by atoms with Gasteiger partial charge in [0.25, 0.3) is 5.91 Å². The van der Waals surface area contributed by atoms with Crippen LogP contribution in [0.2, 0.25) is 0 Å². The lowest BCUT2D eigenvalue weighted by Crippen LogP contribution is -2.29. The van der Waals surface area contributed by atoms with Gasteiger partial charge in [0.05, 0.1) is 0 Å². The van der Waals surface area contributed by atoms with E-state index in [4.69, 9.17) is 15.9 Å². The van der Waals surface area contributed by atoms with E-state index >= 15 is 0 Å². The van der Waals surface area contributed by atoms with E-state index in [2.05, 4.69) is 21.5 Å². The molecule has 1 N–H and O–H groups in total. The first-order chi connectivity index (χ1) is 10.7. The zero-order chi connectivity index (χ0) is 15.6. The lowest BCUT2D eigenvalue weighted by atomic mass is 10.0. The number of terminal acetylenes is 1. The van der Waals surface area contributed by atoms with E-state index in [0.717, 1.165) is 0 Å². The first kappa shape index (κ1) is 14.3. The SMILES string of the molecule is C#CCCC1(CCNC(=O)c2c(F)ccc3c2OCO3)N=N1. The van der Waals surface area contributed by atoms with Crippen LogP contribution in [0.5, 0.6) is 11.5 Å². The van der Waals surface area contributed by atoms with Gasteiger partial charge in [0.1, 0.15) is 11.4 Å². The van der Waals surface area contributed by atoms with Gasteiger partial charge in [0.2, 0.25) is 6.79 Å². The number of carbonyl (C=O) groups is 1. The number of ether oxygens (including phenoxy) is 2. The zero-order valence-corrected chi connectivity index (χ0v) is 11.8. The zero-order valence-electron chi connectivity index (χ0n) is 11.8. The summed E-state index contributed by atoms with van der Waals surface area (Å²) in [5, 5.41) is 10.6. The third-order valence-electron chi connectivity index (χ3n) is 3.58. The fourth-order valence-electron chi connectivity index (χ4n) is 2.29. The highest BCUT2D eigenvalue weighted by atomic mass is 19.1. The van der Waals surface area contributed by atoms with E-state index in [0.29, 0.717) is 31.6 Å². The third kappa shape index (κ3) is 2.72. The summed E-state index contributed by atoms with van der Waals surface area (Å²) in [5.41, 5.74) is -0.617. The highest BCUT2D eigenvalue weighted by Crippen LogP contribution is 2.38. The topological polar surface area (TPSA) is 72.3 Å². The molecular formula is C15H14FN3O3. The maximum atomic E-state index is 13.9. The molecule has 1 aromatic carbocycles. The summed E-state index contributed by atoms with van der Waals surface area (Å²) in [6.45, 7) is 0.298. The molecule has 3 rings (SSSR count). The summed E-state index contributed by atoms with van der Waals surface area (Å²) in [6, 6.07) is 2.62. The van der Waals surface area contributed by atoms with Crippen molar-refractivity contribution >= 4 is 5.91 Å². The monoisotopic (exact) mass is 303 g/mol. The number of halogens is 1. The molecule has 2 aliphatic heterocycles. The van der Waals surface area contributed by atoms with Crippen molar-refractivity contribution in [1.82, 2.24) is 5.32 Å². The van der Waals surface area contributed by atoms with Crippen molar-refractivity contribution in [2.75, 3.05) is 13.3 Å². The summed E-state index contributed by atoms with van der Waals surface area (Å²) in [7, 11) is 0. The van der Waals surface area contributed by atoms with Gasteiger partial charge in [-0.1, -0.05) is 0 Å². The lowest BCUT2D eigenvalue weighted by molar-refractivity contribution is 0.0943. The van der Waals surface area contributed by atoms with Gasteiger partial charge in [-0.3, -0.25) is 4.79 Å². The minimum Gasteiger partial charge on any atom is -0.454 e. The van der Waals surface area contributed by atoms with Crippen LogP contribution in [0, 0.1) is 18.2 Å². The molecule has 22 heavy (non-hydrogen) atoms. The normalized spacial score (nSPS) is 16.2. The average Bonchev–Trinajstić information content (AvgIpc) is 3.11. The Labute approximate surface area is 126 Å². The number of hydrogen-bond acceptors (Lipinski definition) is 5. The van der Waals surface area contributed by atoms with Gasteiger partial charge in [-0.05, 0) is 12.1 Å². The Morgan fingerprint density at radius 2 is 2.23 bits per heavy atom. The molecule has 0 saturated carbocycles. The minimum absolute atomic E-state index is 0.0218. The van der Waals surface area contributed by atoms with Crippen molar-refractivity contribution < 1.29 is 18.7 Å². The molecule has 6 nitrogen and oxygen atoms in total. The Kier molecular flexibility index (Phi) is 3.67. The molecule has 0 aromatic heterocycles. The summed E-state index contributed by atoms with van der Waals surface area (Å²) in [6.07, 6.45) is 6.99. The van der Waals surface area contributed by atoms with Gasteiger partial charge in [0.15, 0.2) is 17.2 Å². The van der Waals surface area contributed by atoms with Crippen molar-refractivity contribution in [3.63, 3.8) is 0 Å². The maximum Gasteiger partial charge on any atom is 0.258 e. The summed E-state index contributed by atoms with van der Waals surface area (Å²) in [4.78, 5) is 12.2. The molecule has 2 heterocycles. The Balaban J connectivity index is 1.60. The van der Waals surface area contributed by atoms with E-state index in [9.17, 15) is 9.18 Å². The molecule has 0 fully saturated rings. The highest BCUT2D eigenvalue weighted by molar-refractivity contribution is 5.98. The smallest absolute Gasteiger partial charge is 0.258 e. The molecule has 1 amide bonds. The number of nitrogens with zero attached hydrogens (tertiary/aromatic N) is 2. The van der Waals surface area contributed by atoms with Gasteiger partial charge >= 0.3 is 0 Å². The number of carbonyl (C=O) groups excluding carboxylic acids is 1. The molecular weight excluding hydrogens is 289 g/mol. The van der Waals surface area contributed by atoms with E-state index < -0.39 is 17.4 Å². The minimum atomic E-state index is -0.649. The number of nitrogens with one attached hydrogen (secondary N) is 1. The standard InChI is InChI=1S/C15H14FN3O3/c1-2-3-6-15(18-19-15)7-8-17-14(20)12-10(16)4-5-11-13(12)22-9-21-11/h1,4-5H,3,6-9H2,(H,17,20). The second kappa shape index (κ2) is 5.64. The van der Waals surface area contributed by atoms with E-state index in [1.54, 1.807) is 0 Å². The van der Waals surface area contributed by atoms with Crippen LogP contribution < -0.4 is 14.8 Å². The molecule has 0 unspecified atom stereocenters. The van der Waals surface area contributed by atoms with Crippen LogP contribution in [0.4, 0.5) is 4.39 Å². The van der Waals surface area contributed by atoms with Crippen molar-refractivity contribution in [1.29, 1.82) is 0 Å². The molecule has 2 aliphatic rings. The number of benzene rings is 1. The molecule has 1 aromatic rings. The molecule has 0 spiro atoms.